The molecule has 0 radical (unpaired) electrons. The molecule has 5 heteroatoms. The molecule has 0 bridgehead atoms. The summed E-state index contributed by atoms with van der Waals surface area (Å²) in [6.07, 6.45) is 0.856. The zero-order chi connectivity index (χ0) is 9.14. The van der Waals surface area contributed by atoms with Crippen LogP contribution in [0.4, 0.5) is 0 Å². The minimum atomic E-state index is -0.735. The van der Waals surface area contributed by atoms with Gasteiger partial charge in [-0.05, 0) is 6.92 Å². The summed E-state index contributed by atoms with van der Waals surface area (Å²) in [6.45, 7) is 2.67. The highest BCUT2D eigenvalue weighted by molar-refractivity contribution is 6.30. The highest BCUT2D eigenvalue weighted by Gasteiger charge is 2.15. The summed E-state index contributed by atoms with van der Waals surface area (Å²) in [5.74, 6) is 0.130. The van der Waals surface area contributed by atoms with Gasteiger partial charge in [0.1, 0.15) is 6.10 Å². The van der Waals surface area contributed by atoms with Gasteiger partial charge < -0.3 is 9.67 Å². The van der Waals surface area contributed by atoms with Crippen LogP contribution in [0.5, 0.6) is 0 Å². The van der Waals surface area contributed by atoms with Crippen LogP contribution in [0.25, 0.3) is 0 Å². The molecular weight excluding hydrogens is 199 g/mol. The van der Waals surface area contributed by atoms with Gasteiger partial charge in [-0.3, -0.25) is 0 Å². The molecule has 1 aromatic rings. The zero-order valence-electron chi connectivity index (χ0n) is 6.67. The Bertz CT molecular complexity index is 262. The predicted molar refractivity (Wildman–Crippen MR) is 48.6 cm³/mol. The molecule has 0 aliphatic rings. The molecule has 1 heterocycles. The molecule has 1 aromatic heterocycles. The third-order valence-electron chi connectivity index (χ3n) is 1.63. The minimum absolute atomic E-state index is 0.130. The van der Waals surface area contributed by atoms with Crippen molar-refractivity contribution in [3.63, 3.8) is 0 Å². The van der Waals surface area contributed by atoms with Crippen molar-refractivity contribution in [1.29, 1.82) is 0 Å². The summed E-state index contributed by atoms with van der Waals surface area (Å²) in [4.78, 5) is 3.87. The molecule has 3 nitrogen and oxygen atoms in total. The van der Waals surface area contributed by atoms with E-state index in [0.29, 0.717) is 10.8 Å². The average molecular weight is 209 g/mol. The Morgan fingerprint density at radius 3 is 2.92 bits per heavy atom. The van der Waals surface area contributed by atoms with Crippen LogP contribution in [0.1, 0.15) is 18.7 Å². The molecule has 12 heavy (non-hydrogen) atoms. The van der Waals surface area contributed by atoms with E-state index in [0.717, 1.165) is 6.54 Å². The number of aryl methyl sites for hydroxylation is 1. The first-order chi connectivity index (χ1) is 5.70. The lowest BCUT2D eigenvalue weighted by Gasteiger charge is -2.09. The zero-order valence-corrected chi connectivity index (χ0v) is 8.18. The maximum absolute atomic E-state index is 9.43. The number of aliphatic hydroxyl groups is 1. The minimum Gasteiger partial charge on any atom is -0.386 e. The highest BCUT2D eigenvalue weighted by Crippen LogP contribution is 2.22. The Kier molecular flexibility index (Phi) is 3.38. The first kappa shape index (κ1) is 9.84. The van der Waals surface area contributed by atoms with E-state index in [9.17, 15) is 5.11 Å². The largest absolute Gasteiger partial charge is 0.386 e. The van der Waals surface area contributed by atoms with Crippen molar-refractivity contribution < 1.29 is 5.11 Å². The molecule has 1 rings (SSSR count). The molecule has 68 valence electrons. The lowest BCUT2D eigenvalue weighted by molar-refractivity contribution is 0.193. The van der Waals surface area contributed by atoms with Crippen LogP contribution >= 0.6 is 23.2 Å². The van der Waals surface area contributed by atoms with E-state index < -0.39 is 6.10 Å². The third-order valence-corrected chi connectivity index (χ3v) is 2.22. The van der Waals surface area contributed by atoms with Crippen LogP contribution in [0, 0.1) is 0 Å². The summed E-state index contributed by atoms with van der Waals surface area (Å²) in [6, 6.07) is 0. The number of imidazole rings is 1. The lowest BCUT2D eigenvalue weighted by atomic mass is 10.3. The molecule has 1 N–H and O–H groups in total. The summed E-state index contributed by atoms with van der Waals surface area (Å²) in [7, 11) is 0. The van der Waals surface area contributed by atoms with Gasteiger partial charge in [-0.2, -0.15) is 0 Å². The van der Waals surface area contributed by atoms with Crippen LogP contribution in [0.15, 0.2) is 6.33 Å². The highest BCUT2D eigenvalue weighted by atomic mass is 35.5. The summed E-state index contributed by atoms with van der Waals surface area (Å²) in [5, 5.41) is 9.76. The first-order valence-corrected chi connectivity index (χ1v) is 4.56. The smallest absolute Gasteiger partial charge is 0.152 e. The van der Waals surface area contributed by atoms with Crippen molar-refractivity contribution in [2.45, 2.75) is 19.6 Å². The quantitative estimate of drug-likeness (QED) is 0.771. The van der Waals surface area contributed by atoms with E-state index in [1.165, 1.54) is 0 Å². The normalized spacial score (nSPS) is 13.3. The van der Waals surface area contributed by atoms with Gasteiger partial charge >= 0.3 is 0 Å². The molecule has 0 spiro atoms. The van der Waals surface area contributed by atoms with E-state index in [-0.39, 0.29) is 5.88 Å². The summed E-state index contributed by atoms with van der Waals surface area (Å²) >= 11 is 11.2. The number of alkyl halides is 1. The van der Waals surface area contributed by atoms with Crippen molar-refractivity contribution in [3.05, 3.63) is 17.2 Å². The van der Waals surface area contributed by atoms with Gasteiger partial charge in [0.25, 0.3) is 0 Å². The van der Waals surface area contributed by atoms with E-state index in [1.54, 1.807) is 10.9 Å². The van der Waals surface area contributed by atoms with E-state index in [2.05, 4.69) is 4.98 Å². The molecule has 0 aliphatic carbocycles. The fourth-order valence-corrected chi connectivity index (χ4v) is 1.45. The predicted octanol–water partition coefficient (Wildman–Crippen LogP) is 1.83. The van der Waals surface area contributed by atoms with Gasteiger partial charge in [0.15, 0.2) is 5.15 Å². The monoisotopic (exact) mass is 208 g/mol. The Labute approximate surface area is 80.9 Å². The molecule has 1 atom stereocenters. The number of halogens is 2. The maximum Gasteiger partial charge on any atom is 0.152 e. The summed E-state index contributed by atoms with van der Waals surface area (Å²) in [5.41, 5.74) is 0.592. The molecule has 0 saturated carbocycles. The van der Waals surface area contributed by atoms with Gasteiger partial charge in [-0.15, -0.1) is 11.6 Å². The van der Waals surface area contributed by atoms with Crippen LogP contribution in [0.3, 0.4) is 0 Å². The Morgan fingerprint density at radius 2 is 2.42 bits per heavy atom. The molecular formula is C7H10Cl2N2O. The fraction of sp³-hybridized carbons (Fsp3) is 0.571. The third kappa shape index (κ3) is 1.73. The van der Waals surface area contributed by atoms with Crippen molar-refractivity contribution in [2.24, 2.45) is 0 Å². The number of rotatable bonds is 3. The van der Waals surface area contributed by atoms with Crippen LogP contribution in [-0.4, -0.2) is 20.5 Å². The SMILES string of the molecule is CCn1cnc(Cl)c1C(O)CCl. The number of nitrogens with zero attached hydrogens (tertiary/aromatic N) is 2. The Morgan fingerprint density at radius 1 is 1.75 bits per heavy atom. The Balaban J connectivity index is 3.01. The number of aromatic nitrogens is 2. The molecule has 0 fully saturated rings. The van der Waals surface area contributed by atoms with Crippen LogP contribution in [0.2, 0.25) is 5.15 Å². The molecule has 0 aromatic carbocycles. The van der Waals surface area contributed by atoms with Crippen molar-refractivity contribution in [2.75, 3.05) is 5.88 Å². The fourth-order valence-electron chi connectivity index (χ4n) is 1.02. The molecule has 0 saturated heterocycles. The van der Waals surface area contributed by atoms with Crippen LogP contribution in [-0.2, 0) is 6.54 Å². The second-order valence-corrected chi connectivity index (χ2v) is 3.04. The van der Waals surface area contributed by atoms with Crippen LogP contribution < -0.4 is 0 Å². The van der Waals surface area contributed by atoms with Gasteiger partial charge in [0.05, 0.1) is 17.9 Å². The standard InChI is InChI=1S/C7H10Cl2N2O/c1-2-11-4-10-7(9)6(11)5(12)3-8/h4-5,12H,2-3H2,1H3. The summed E-state index contributed by atoms with van der Waals surface area (Å²) < 4.78 is 1.77. The van der Waals surface area contributed by atoms with Crippen molar-refractivity contribution in [1.82, 2.24) is 9.55 Å². The molecule has 1 unspecified atom stereocenters. The number of hydrogen-bond donors (Lipinski definition) is 1. The van der Waals surface area contributed by atoms with Crippen molar-refractivity contribution >= 4 is 23.2 Å². The molecule has 0 aliphatic heterocycles. The Hall–Kier alpha value is -0.250. The maximum atomic E-state index is 9.43. The second kappa shape index (κ2) is 4.12. The lowest BCUT2D eigenvalue weighted by Crippen LogP contribution is -2.07. The second-order valence-electron chi connectivity index (χ2n) is 2.38. The number of aliphatic hydroxyl groups excluding tert-OH is 1. The van der Waals surface area contributed by atoms with Gasteiger partial charge in [0.2, 0.25) is 0 Å². The topological polar surface area (TPSA) is 38.0 Å². The first-order valence-electron chi connectivity index (χ1n) is 3.65. The average Bonchev–Trinajstić information content (AvgIpc) is 2.45. The van der Waals surface area contributed by atoms with Crippen molar-refractivity contribution in [3.8, 4) is 0 Å². The number of hydrogen-bond acceptors (Lipinski definition) is 2. The van der Waals surface area contributed by atoms with Gasteiger partial charge in [-0.25, -0.2) is 4.98 Å². The van der Waals surface area contributed by atoms with E-state index in [1.807, 2.05) is 6.92 Å². The van der Waals surface area contributed by atoms with Gasteiger partial charge in [-0.1, -0.05) is 11.6 Å². The van der Waals surface area contributed by atoms with E-state index >= 15 is 0 Å². The van der Waals surface area contributed by atoms with E-state index in [4.69, 9.17) is 23.2 Å². The molecule has 0 amide bonds. The van der Waals surface area contributed by atoms with Gasteiger partial charge in [0, 0.05) is 6.54 Å².